The van der Waals surface area contributed by atoms with E-state index in [1.807, 2.05) is 24.3 Å². The van der Waals surface area contributed by atoms with Gasteiger partial charge >= 0.3 is 17.6 Å². The summed E-state index contributed by atoms with van der Waals surface area (Å²) in [4.78, 5) is 50.7. The highest BCUT2D eigenvalue weighted by Gasteiger charge is 2.55. The highest BCUT2D eigenvalue weighted by Crippen LogP contribution is 2.48. The van der Waals surface area contributed by atoms with Crippen LogP contribution in [0.2, 0.25) is 10.6 Å². The Balaban J connectivity index is 1.76. The number of H-pyrrole nitrogens is 1. The van der Waals surface area contributed by atoms with E-state index >= 15 is 0 Å². The van der Waals surface area contributed by atoms with Gasteiger partial charge in [0.2, 0.25) is 8.32 Å². The first-order valence-corrected chi connectivity index (χ1v) is 15.7. The van der Waals surface area contributed by atoms with Crippen molar-refractivity contribution in [1.29, 1.82) is 0 Å². The molecule has 0 spiro atoms. The summed E-state index contributed by atoms with van der Waals surface area (Å²) in [7, 11) is -2.84. The van der Waals surface area contributed by atoms with Crippen LogP contribution >= 0.6 is 0 Å². The van der Waals surface area contributed by atoms with Gasteiger partial charge in [0, 0.05) is 31.7 Å². The van der Waals surface area contributed by atoms with Gasteiger partial charge in [-0.3, -0.25) is 23.9 Å². The Bertz CT molecular complexity index is 1410. The number of hydrogen-bond acceptors (Lipinski definition) is 8. The summed E-state index contributed by atoms with van der Waals surface area (Å²) in [5.41, 5.74) is -1.15. The fraction of sp³-hybridized carbons (Fsp3) is 0.467. The fourth-order valence-electron chi connectivity index (χ4n) is 5.94. The van der Waals surface area contributed by atoms with Crippen molar-refractivity contribution in [3.63, 3.8) is 0 Å². The van der Waals surface area contributed by atoms with Gasteiger partial charge in [-0.1, -0.05) is 75.4 Å². The van der Waals surface area contributed by atoms with Crippen molar-refractivity contribution in [2.24, 2.45) is 5.92 Å². The number of aromatic nitrogens is 2. The van der Waals surface area contributed by atoms with E-state index in [1.54, 1.807) is 0 Å². The zero-order valence-electron chi connectivity index (χ0n) is 24.1. The second kappa shape index (κ2) is 12.5. The molecule has 1 aromatic carbocycles. The third-order valence-corrected chi connectivity index (χ3v) is 13.2. The van der Waals surface area contributed by atoms with Crippen LogP contribution in [0.3, 0.4) is 0 Å². The molecule has 11 heteroatoms. The molecule has 220 valence electrons. The molecule has 2 heterocycles. The SMILES string of the molecule is CC(=O)OC[C@H]1[C@@H](OC(C)=O)[C@H](n2ccc(=O)[nH]c2=O)O[C@@H]1CO[Si](c1ccccc1)(C1C=CC=CC1)C(C)(C)C. The van der Waals surface area contributed by atoms with E-state index in [2.05, 4.69) is 56.1 Å². The molecule has 2 aromatic rings. The van der Waals surface area contributed by atoms with Crippen molar-refractivity contribution in [2.75, 3.05) is 13.2 Å². The predicted octanol–water partition coefficient (Wildman–Crippen LogP) is 3.10. The van der Waals surface area contributed by atoms with Crippen LogP contribution in [0, 0.1) is 5.92 Å². The molecule has 0 radical (unpaired) electrons. The van der Waals surface area contributed by atoms with Crippen LogP contribution in [0.4, 0.5) is 0 Å². The number of allylic oxidation sites excluding steroid dienone is 4. The molecule has 1 saturated heterocycles. The van der Waals surface area contributed by atoms with Gasteiger partial charge in [0.1, 0.15) is 6.61 Å². The lowest BCUT2D eigenvalue weighted by atomic mass is 9.99. The van der Waals surface area contributed by atoms with E-state index < -0.39 is 55.9 Å². The Kier molecular flexibility index (Phi) is 9.30. The lowest BCUT2D eigenvalue weighted by molar-refractivity contribution is -0.155. The van der Waals surface area contributed by atoms with Crippen LogP contribution in [-0.2, 0) is 28.2 Å². The third kappa shape index (κ3) is 6.52. The number of carbonyl (C=O) groups excluding carboxylic acids is 2. The fourth-order valence-corrected chi connectivity index (χ4v) is 11.1. The first-order chi connectivity index (χ1) is 19.4. The van der Waals surface area contributed by atoms with E-state index in [0.717, 1.165) is 11.6 Å². The maximum absolute atomic E-state index is 12.7. The van der Waals surface area contributed by atoms with Crippen LogP contribution in [0.25, 0.3) is 0 Å². The molecule has 41 heavy (non-hydrogen) atoms. The Labute approximate surface area is 240 Å². The van der Waals surface area contributed by atoms with Crippen LogP contribution in [-0.4, -0.2) is 55.2 Å². The lowest BCUT2D eigenvalue weighted by Crippen LogP contribution is -2.61. The summed E-state index contributed by atoms with van der Waals surface area (Å²) in [5.74, 6) is -1.73. The Morgan fingerprint density at radius 1 is 1.05 bits per heavy atom. The first kappa shape index (κ1) is 30.4. The zero-order chi connectivity index (χ0) is 29.8. The molecule has 1 aliphatic heterocycles. The molecule has 4 rings (SSSR count). The number of aromatic amines is 1. The van der Waals surface area contributed by atoms with Gasteiger partial charge in [-0.25, -0.2) is 4.79 Å². The quantitative estimate of drug-likeness (QED) is 0.353. The molecule has 1 aromatic heterocycles. The number of hydrogen-bond donors (Lipinski definition) is 1. The summed E-state index contributed by atoms with van der Waals surface area (Å²) in [6.45, 7) is 9.11. The summed E-state index contributed by atoms with van der Waals surface area (Å²) in [6.07, 6.45) is 7.81. The molecule has 1 N–H and O–H groups in total. The Morgan fingerprint density at radius 3 is 2.37 bits per heavy atom. The average Bonchev–Trinajstić information content (AvgIpc) is 3.24. The number of carbonyl (C=O) groups is 2. The predicted molar refractivity (Wildman–Crippen MR) is 155 cm³/mol. The first-order valence-electron chi connectivity index (χ1n) is 13.7. The van der Waals surface area contributed by atoms with Crippen molar-refractivity contribution in [3.8, 4) is 0 Å². The maximum atomic E-state index is 12.7. The molecular formula is C30H38N2O8Si. The number of nitrogens with zero attached hydrogens (tertiary/aromatic N) is 1. The molecule has 2 unspecified atom stereocenters. The number of benzene rings is 1. The van der Waals surface area contributed by atoms with E-state index in [4.69, 9.17) is 18.6 Å². The van der Waals surface area contributed by atoms with Crippen LogP contribution < -0.4 is 16.4 Å². The highest BCUT2D eigenvalue weighted by atomic mass is 28.4. The van der Waals surface area contributed by atoms with Crippen LogP contribution in [0.15, 0.2) is 76.5 Å². The maximum Gasteiger partial charge on any atom is 0.330 e. The minimum Gasteiger partial charge on any atom is -0.465 e. The molecule has 1 aliphatic carbocycles. The van der Waals surface area contributed by atoms with Gasteiger partial charge < -0.3 is 18.6 Å². The van der Waals surface area contributed by atoms with Crippen LogP contribution in [0.1, 0.15) is 47.3 Å². The molecular weight excluding hydrogens is 544 g/mol. The van der Waals surface area contributed by atoms with Crippen molar-refractivity contribution in [2.45, 2.75) is 70.1 Å². The number of esters is 2. The molecule has 0 bridgehead atoms. The van der Waals surface area contributed by atoms with E-state index in [9.17, 15) is 19.2 Å². The van der Waals surface area contributed by atoms with Gasteiger partial charge in [-0.15, -0.1) is 0 Å². The molecule has 0 saturated carbocycles. The Morgan fingerprint density at radius 2 is 1.78 bits per heavy atom. The van der Waals surface area contributed by atoms with Crippen molar-refractivity contribution >= 4 is 25.4 Å². The second-order valence-corrected chi connectivity index (χ2v) is 16.0. The van der Waals surface area contributed by atoms with E-state index in [-0.39, 0.29) is 23.8 Å². The summed E-state index contributed by atoms with van der Waals surface area (Å²) < 4.78 is 25.8. The zero-order valence-corrected chi connectivity index (χ0v) is 25.1. The molecule has 0 amide bonds. The minimum absolute atomic E-state index is 0.102. The van der Waals surface area contributed by atoms with Crippen molar-refractivity contribution < 1.29 is 28.2 Å². The van der Waals surface area contributed by atoms with E-state index in [1.165, 1.54) is 30.7 Å². The number of rotatable bonds is 9. The van der Waals surface area contributed by atoms with Gasteiger partial charge in [0.15, 0.2) is 12.3 Å². The topological polar surface area (TPSA) is 126 Å². The van der Waals surface area contributed by atoms with Crippen molar-refractivity contribution in [1.82, 2.24) is 9.55 Å². The highest BCUT2D eigenvalue weighted by molar-refractivity contribution is 6.90. The lowest BCUT2D eigenvalue weighted by Gasteiger charge is -2.47. The number of ether oxygens (including phenoxy) is 3. The average molecular weight is 583 g/mol. The molecule has 6 atom stereocenters. The van der Waals surface area contributed by atoms with Gasteiger partial charge in [0.05, 0.1) is 18.6 Å². The third-order valence-electron chi connectivity index (χ3n) is 7.70. The van der Waals surface area contributed by atoms with Gasteiger partial charge in [-0.05, 0) is 16.6 Å². The smallest absolute Gasteiger partial charge is 0.330 e. The normalized spacial score (nSPS) is 25.4. The van der Waals surface area contributed by atoms with Crippen molar-refractivity contribution in [3.05, 3.63) is 87.7 Å². The summed E-state index contributed by atoms with van der Waals surface area (Å²) >= 11 is 0. The second-order valence-electron chi connectivity index (χ2n) is 11.4. The van der Waals surface area contributed by atoms with Gasteiger partial charge in [-0.2, -0.15) is 0 Å². The van der Waals surface area contributed by atoms with Gasteiger partial charge in [0.25, 0.3) is 5.56 Å². The minimum atomic E-state index is -2.84. The Hall–Kier alpha value is -3.54. The van der Waals surface area contributed by atoms with E-state index in [0.29, 0.717) is 0 Å². The standard InChI is InChI=1S/C30H38N2O8Si/c1-20(33)37-18-24-25(40-28(27(24)39-21(2)34)32-17-16-26(35)31-29(32)36)19-38-41(30(3,4)5,22-12-8-6-9-13-22)23-14-10-7-11-15-23/h6-14,16-17,23-25,27-28H,15,18-19H2,1-5H3,(H,31,35,36)/t23?,24-,25-,27-,28-,41?/m1/s1. The largest absolute Gasteiger partial charge is 0.465 e. The number of nitrogens with one attached hydrogen (secondary N) is 1. The molecule has 1 fully saturated rings. The molecule has 10 nitrogen and oxygen atoms in total. The summed E-state index contributed by atoms with van der Waals surface area (Å²) in [6, 6.07) is 11.4. The molecule has 2 aliphatic rings. The monoisotopic (exact) mass is 582 g/mol. The van der Waals surface area contributed by atoms with Crippen LogP contribution in [0.5, 0.6) is 0 Å². The summed E-state index contributed by atoms with van der Waals surface area (Å²) in [5, 5.41) is 0.889.